The van der Waals surface area contributed by atoms with Gasteiger partial charge in [0, 0.05) is 6.54 Å². The summed E-state index contributed by atoms with van der Waals surface area (Å²) < 4.78 is 3.97. The Morgan fingerprint density at radius 1 is 1.50 bits per heavy atom. The van der Waals surface area contributed by atoms with Crippen molar-refractivity contribution in [1.29, 1.82) is 0 Å². The van der Waals surface area contributed by atoms with Crippen LogP contribution in [0.5, 0.6) is 0 Å². The van der Waals surface area contributed by atoms with E-state index in [1.54, 1.807) is 6.92 Å². The zero-order valence-electron chi connectivity index (χ0n) is 10.2. The second-order valence-corrected chi connectivity index (χ2v) is 5.28. The van der Waals surface area contributed by atoms with E-state index < -0.39 is 5.97 Å². The summed E-state index contributed by atoms with van der Waals surface area (Å²) in [6, 6.07) is 0. The highest BCUT2D eigenvalue weighted by Crippen LogP contribution is 2.26. The van der Waals surface area contributed by atoms with Gasteiger partial charge in [-0.2, -0.15) is 4.37 Å². The van der Waals surface area contributed by atoms with E-state index in [0.29, 0.717) is 17.2 Å². The fraction of sp³-hybridized carbons (Fsp3) is 0.545. The number of nitrogens with zero attached hydrogens (tertiary/aromatic N) is 1. The maximum Gasteiger partial charge on any atom is 0.340 e. The molecule has 1 aliphatic heterocycles. The molecule has 1 aromatic rings. The second kappa shape index (κ2) is 5.03. The Bertz CT molecular complexity index is 486. The van der Waals surface area contributed by atoms with Crippen LogP contribution in [0.25, 0.3) is 0 Å². The van der Waals surface area contributed by atoms with Crippen molar-refractivity contribution in [3.05, 3.63) is 11.3 Å². The number of amides is 1. The van der Waals surface area contributed by atoms with Crippen LogP contribution in [-0.4, -0.2) is 34.4 Å². The molecule has 0 aliphatic carbocycles. The molecule has 2 atom stereocenters. The number of hydrogen-bond acceptors (Lipinski definition) is 5. The molecule has 2 rings (SSSR count). The summed E-state index contributed by atoms with van der Waals surface area (Å²) in [5, 5.41) is 15.2. The molecular weight excluding hydrogens is 254 g/mol. The van der Waals surface area contributed by atoms with Gasteiger partial charge in [-0.1, -0.05) is 6.92 Å². The monoisotopic (exact) mass is 269 g/mol. The molecule has 3 N–H and O–H groups in total. The number of rotatable bonds is 3. The Hall–Kier alpha value is -1.47. The number of carboxylic acids is 1. The van der Waals surface area contributed by atoms with Crippen molar-refractivity contribution in [1.82, 2.24) is 9.69 Å². The molecular formula is C11H15N3O3S. The predicted octanol–water partition coefficient (Wildman–Crippen LogP) is 0.944. The molecule has 6 nitrogen and oxygen atoms in total. The zero-order chi connectivity index (χ0) is 13.3. The number of nitrogens with one attached hydrogen (secondary N) is 2. The Kier molecular flexibility index (Phi) is 3.63. The molecule has 0 bridgehead atoms. The number of aromatic nitrogens is 1. The van der Waals surface area contributed by atoms with Crippen LogP contribution in [0.2, 0.25) is 0 Å². The molecule has 7 heteroatoms. The van der Waals surface area contributed by atoms with Crippen LogP contribution >= 0.6 is 11.5 Å². The standard InChI is InChI=1S/C11H15N3O3S/c1-5-3-12-4-7(5)9(15)13-10-8(11(16)17)6(2)14-18-10/h5,7,12H,3-4H2,1-2H3,(H,13,15)(H,16,17). The van der Waals surface area contributed by atoms with Crippen molar-refractivity contribution in [3.63, 3.8) is 0 Å². The summed E-state index contributed by atoms with van der Waals surface area (Å²) in [4.78, 5) is 23.1. The number of carbonyl (C=O) groups excluding carboxylic acids is 1. The minimum atomic E-state index is -1.06. The topological polar surface area (TPSA) is 91.3 Å². The number of aryl methyl sites for hydroxylation is 1. The number of aromatic carboxylic acids is 1. The van der Waals surface area contributed by atoms with E-state index in [1.165, 1.54) is 0 Å². The maximum atomic E-state index is 12.0. The lowest BCUT2D eigenvalue weighted by atomic mass is 9.97. The normalized spacial score (nSPS) is 23.0. The Morgan fingerprint density at radius 2 is 2.22 bits per heavy atom. The molecule has 2 heterocycles. The first-order chi connectivity index (χ1) is 8.50. The van der Waals surface area contributed by atoms with E-state index in [2.05, 4.69) is 15.0 Å². The molecule has 2 unspecified atom stereocenters. The van der Waals surface area contributed by atoms with Gasteiger partial charge in [0.1, 0.15) is 10.6 Å². The molecule has 1 fully saturated rings. The highest BCUT2D eigenvalue weighted by molar-refractivity contribution is 7.11. The van der Waals surface area contributed by atoms with E-state index in [0.717, 1.165) is 18.1 Å². The van der Waals surface area contributed by atoms with Crippen LogP contribution in [0.3, 0.4) is 0 Å². The number of carboxylic acid groups (broad SMARTS) is 1. The fourth-order valence-corrected chi connectivity index (χ4v) is 2.86. The molecule has 0 saturated carbocycles. The zero-order valence-corrected chi connectivity index (χ0v) is 11.0. The fourth-order valence-electron chi connectivity index (χ4n) is 2.07. The van der Waals surface area contributed by atoms with Crippen LogP contribution < -0.4 is 10.6 Å². The van der Waals surface area contributed by atoms with Gasteiger partial charge in [-0.05, 0) is 30.9 Å². The summed E-state index contributed by atoms with van der Waals surface area (Å²) in [5.41, 5.74) is 0.521. The summed E-state index contributed by atoms with van der Waals surface area (Å²) in [7, 11) is 0. The van der Waals surface area contributed by atoms with Gasteiger partial charge in [0.25, 0.3) is 0 Å². The highest BCUT2D eigenvalue weighted by Gasteiger charge is 2.31. The van der Waals surface area contributed by atoms with Gasteiger partial charge in [0.05, 0.1) is 11.6 Å². The van der Waals surface area contributed by atoms with Gasteiger partial charge < -0.3 is 15.7 Å². The Balaban J connectivity index is 2.14. The lowest BCUT2D eigenvalue weighted by molar-refractivity contribution is -0.120. The molecule has 98 valence electrons. The average molecular weight is 269 g/mol. The summed E-state index contributed by atoms with van der Waals surface area (Å²) >= 11 is 1.01. The lowest BCUT2D eigenvalue weighted by Gasteiger charge is -2.13. The SMILES string of the molecule is Cc1nsc(NC(=O)C2CNCC2C)c1C(=O)O. The first-order valence-electron chi connectivity index (χ1n) is 5.72. The molecule has 0 spiro atoms. The molecule has 0 radical (unpaired) electrons. The summed E-state index contributed by atoms with van der Waals surface area (Å²) in [6.45, 7) is 5.06. The van der Waals surface area contributed by atoms with Crippen LogP contribution in [-0.2, 0) is 4.79 Å². The van der Waals surface area contributed by atoms with Crippen LogP contribution in [0.1, 0.15) is 23.0 Å². The maximum absolute atomic E-state index is 12.0. The summed E-state index contributed by atoms with van der Waals surface area (Å²) in [6.07, 6.45) is 0. The minimum Gasteiger partial charge on any atom is -0.478 e. The van der Waals surface area contributed by atoms with Crippen molar-refractivity contribution in [2.45, 2.75) is 13.8 Å². The van der Waals surface area contributed by atoms with Crippen LogP contribution in [0.4, 0.5) is 5.00 Å². The van der Waals surface area contributed by atoms with Gasteiger partial charge in [-0.15, -0.1) is 0 Å². The van der Waals surface area contributed by atoms with Crippen molar-refractivity contribution < 1.29 is 14.7 Å². The van der Waals surface area contributed by atoms with Crippen molar-refractivity contribution in [3.8, 4) is 0 Å². The molecule has 0 aromatic carbocycles. The molecule has 1 saturated heterocycles. The van der Waals surface area contributed by atoms with Gasteiger partial charge in [0.15, 0.2) is 0 Å². The van der Waals surface area contributed by atoms with Crippen molar-refractivity contribution in [2.75, 3.05) is 18.4 Å². The minimum absolute atomic E-state index is 0.0898. The third kappa shape index (κ3) is 2.37. The van der Waals surface area contributed by atoms with Crippen LogP contribution in [0.15, 0.2) is 0 Å². The third-order valence-corrected chi connectivity index (χ3v) is 4.02. The quantitative estimate of drug-likeness (QED) is 0.759. The Labute approximate surface area is 109 Å². The second-order valence-electron chi connectivity index (χ2n) is 4.51. The predicted molar refractivity (Wildman–Crippen MR) is 68.0 cm³/mol. The summed E-state index contributed by atoms with van der Waals surface area (Å²) in [5.74, 6) is -1.06. The third-order valence-electron chi connectivity index (χ3n) is 3.17. The largest absolute Gasteiger partial charge is 0.478 e. The average Bonchev–Trinajstić information content (AvgIpc) is 2.85. The van der Waals surface area contributed by atoms with E-state index in [9.17, 15) is 9.59 Å². The number of hydrogen-bond donors (Lipinski definition) is 3. The molecule has 1 amide bonds. The van der Waals surface area contributed by atoms with Crippen molar-refractivity contribution in [2.24, 2.45) is 11.8 Å². The van der Waals surface area contributed by atoms with Gasteiger partial charge in [-0.3, -0.25) is 4.79 Å². The Morgan fingerprint density at radius 3 is 2.78 bits per heavy atom. The lowest BCUT2D eigenvalue weighted by Crippen LogP contribution is -2.28. The van der Waals surface area contributed by atoms with E-state index in [4.69, 9.17) is 5.11 Å². The highest BCUT2D eigenvalue weighted by atomic mass is 32.1. The van der Waals surface area contributed by atoms with E-state index in [-0.39, 0.29) is 23.3 Å². The van der Waals surface area contributed by atoms with E-state index in [1.807, 2.05) is 6.92 Å². The molecule has 1 aromatic heterocycles. The van der Waals surface area contributed by atoms with Crippen LogP contribution in [0, 0.1) is 18.8 Å². The molecule has 18 heavy (non-hydrogen) atoms. The first kappa shape index (κ1) is 13.0. The smallest absolute Gasteiger partial charge is 0.340 e. The number of anilines is 1. The van der Waals surface area contributed by atoms with E-state index >= 15 is 0 Å². The van der Waals surface area contributed by atoms with Gasteiger partial charge in [0.2, 0.25) is 5.91 Å². The molecule has 1 aliphatic rings. The first-order valence-corrected chi connectivity index (χ1v) is 6.49. The number of carbonyl (C=O) groups is 2. The van der Waals surface area contributed by atoms with Crippen molar-refractivity contribution >= 4 is 28.4 Å². The van der Waals surface area contributed by atoms with Gasteiger partial charge >= 0.3 is 5.97 Å². The van der Waals surface area contributed by atoms with Gasteiger partial charge in [-0.25, -0.2) is 4.79 Å².